The Hall–Kier alpha value is -1.62. The van der Waals surface area contributed by atoms with Crippen LogP contribution in [-0.4, -0.2) is 24.2 Å². The molecule has 0 saturated heterocycles. The molecule has 98 valence electrons. The van der Waals surface area contributed by atoms with Gasteiger partial charge in [0.05, 0.1) is 6.61 Å². The number of hydrogen-bond donors (Lipinski definition) is 2. The molecule has 1 aromatic rings. The molecule has 18 heavy (non-hydrogen) atoms. The van der Waals surface area contributed by atoms with Crippen LogP contribution in [0.3, 0.4) is 0 Å². The average Bonchev–Trinajstić information content (AvgIpc) is 2.38. The van der Waals surface area contributed by atoms with Gasteiger partial charge in [-0.1, -0.05) is 19.1 Å². The Kier molecular flexibility index (Phi) is 6.14. The maximum Gasteiger partial charge on any atom is 0.325 e. The second-order valence-electron chi connectivity index (χ2n) is 3.66. The summed E-state index contributed by atoms with van der Waals surface area (Å²) in [4.78, 5) is 11.1. The first kappa shape index (κ1) is 14.4. The smallest absolute Gasteiger partial charge is 0.325 e. The summed E-state index contributed by atoms with van der Waals surface area (Å²) in [6.07, 6.45) is 1.01. The molecule has 0 heterocycles. The van der Waals surface area contributed by atoms with Gasteiger partial charge in [0.25, 0.3) is 0 Å². The van der Waals surface area contributed by atoms with E-state index < -0.39 is 0 Å². The Morgan fingerprint density at radius 1 is 1.28 bits per heavy atom. The summed E-state index contributed by atoms with van der Waals surface area (Å²) in [5, 5.41) is 6.20. The zero-order chi connectivity index (χ0) is 13.4. The minimum absolute atomic E-state index is 0.0761. The largest absolute Gasteiger partial charge is 0.465 e. The Bertz CT molecular complexity index is 404. The van der Waals surface area contributed by atoms with Crippen molar-refractivity contribution in [1.82, 2.24) is 5.32 Å². The molecule has 0 spiro atoms. The lowest BCUT2D eigenvalue weighted by atomic mass is 10.1. The van der Waals surface area contributed by atoms with Crippen LogP contribution in [0.15, 0.2) is 24.3 Å². The molecule has 4 nitrogen and oxygen atoms in total. The fourth-order valence-corrected chi connectivity index (χ4v) is 1.55. The van der Waals surface area contributed by atoms with Gasteiger partial charge in [-0.25, -0.2) is 0 Å². The van der Waals surface area contributed by atoms with Crippen molar-refractivity contribution in [2.24, 2.45) is 0 Å². The molecule has 0 aliphatic carbocycles. The molecule has 0 saturated carbocycles. The molecule has 5 heteroatoms. The second kappa shape index (κ2) is 7.66. The predicted molar refractivity (Wildman–Crippen MR) is 76.7 cm³/mol. The lowest BCUT2D eigenvalue weighted by Gasteiger charge is -2.10. The molecule has 1 aromatic carbocycles. The SMILES string of the molecule is CCOC(=O)CNC(=S)Nc1ccc(CC)cc1. The van der Waals surface area contributed by atoms with Crippen LogP contribution in [0.5, 0.6) is 0 Å². The van der Waals surface area contributed by atoms with Gasteiger partial charge in [-0.2, -0.15) is 0 Å². The molecule has 0 radical (unpaired) electrons. The van der Waals surface area contributed by atoms with Crippen molar-refractivity contribution in [3.63, 3.8) is 0 Å². The van der Waals surface area contributed by atoms with Crippen molar-refractivity contribution in [3.8, 4) is 0 Å². The summed E-state index contributed by atoms with van der Waals surface area (Å²) in [5.41, 5.74) is 2.17. The molecule has 0 atom stereocenters. The zero-order valence-electron chi connectivity index (χ0n) is 10.7. The van der Waals surface area contributed by atoms with E-state index in [1.165, 1.54) is 5.56 Å². The van der Waals surface area contributed by atoms with E-state index in [1.807, 2.05) is 24.3 Å². The molecule has 0 bridgehead atoms. The number of anilines is 1. The molecule has 0 unspecified atom stereocenters. The van der Waals surface area contributed by atoms with Gasteiger partial charge in [0.1, 0.15) is 6.54 Å². The minimum Gasteiger partial charge on any atom is -0.465 e. The Morgan fingerprint density at radius 2 is 1.94 bits per heavy atom. The first-order chi connectivity index (χ1) is 8.65. The van der Waals surface area contributed by atoms with E-state index in [2.05, 4.69) is 17.6 Å². The van der Waals surface area contributed by atoms with Gasteiger partial charge in [0.2, 0.25) is 0 Å². The highest BCUT2D eigenvalue weighted by Crippen LogP contribution is 2.09. The number of rotatable bonds is 5. The highest BCUT2D eigenvalue weighted by atomic mass is 32.1. The van der Waals surface area contributed by atoms with Gasteiger partial charge in [-0.15, -0.1) is 0 Å². The number of aryl methyl sites for hydroxylation is 1. The second-order valence-corrected chi connectivity index (χ2v) is 4.07. The van der Waals surface area contributed by atoms with E-state index in [1.54, 1.807) is 6.92 Å². The van der Waals surface area contributed by atoms with Crippen molar-refractivity contribution in [2.45, 2.75) is 20.3 Å². The van der Waals surface area contributed by atoms with E-state index >= 15 is 0 Å². The highest BCUT2D eigenvalue weighted by Gasteiger charge is 2.03. The van der Waals surface area contributed by atoms with Crippen molar-refractivity contribution < 1.29 is 9.53 Å². The molecule has 0 fully saturated rings. The van der Waals surface area contributed by atoms with Gasteiger partial charge in [-0.3, -0.25) is 4.79 Å². The van der Waals surface area contributed by atoms with Crippen LogP contribution in [-0.2, 0) is 16.0 Å². The van der Waals surface area contributed by atoms with Gasteiger partial charge in [-0.05, 0) is 43.3 Å². The topological polar surface area (TPSA) is 50.4 Å². The Labute approximate surface area is 113 Å². The van der Waals surface area contributed by atoms with Crippen molar-refractivity contribution in [3.05, 3.63) is 29.8 Å². The number of ether oxygens (including phenoxy) is 1. The van der Waals surface area contributed by atoms with Gasteiger partial charge in [0, 0.05) is 5.69 Å². The van der Waals surface area contributed by atoms with Crippen LogP contribution in [0.2, 0.25) is 0 Å². The van der Waals surface area contributed by atoms with Gasteiger partial charge in [0.15, 0.2) is 5.11 Å². The number of nitrogens with one attached hydrogen (secondary N) is 2. The normalized spacial score (nSPS) is 9.67. The summed E-state index contributed by atoms with van der Waals surface area (Å²) in [6.45, 7) is 4.32. The quantitative estimate of drug-likeness (QED) is 0.631. The summed E-state index contributed by atoms with van der Waals surface area (Å²) in [5.74, 6) is -0.317. The third kappa shape index (κ3) is 5.14. The standard InChI is InChI=1S/C13H18N2O2S/c1-3-10-5-7-11(8-6-10)15-13(18)14-9-12(16)17-4-2/h5-8H,3-4,9H2,1-2H3,(H2,14,15,18). The van der Waals surface area contributed by atoms with E-state index in [4.69, 9.17) is 17.0 Å². The monoisotopic (exact) mass is 266 g/mol. The maximum atomic E-state index is 11.1. The molecular weight excluding hydrogens is 248 g/mol. The lowest BCUT2D eigenvalue weighted by Crippen LogP contribution is -2.33. The predicted octanol–water partition coefficient (Wildman–Crippen LogP) is 2.10. The van der Waals surface area contributed by atoms with E-state index in [0.29, 0.717) is 11.7 Å². The van der Waals surface area contributed by atoms with Gasteiger partial charge < -0.3 is 15.4 Å². The van der Waals surface area contributed by atoms with Gasteiger partial charge >= 0.3 is 5.97 Å². The summed E-state index contributed by atoms with van der Waals surface area (Å²) >= 11 is 5.07. The molecule has 0 aromatic heterocycles. The van der Waals surface area contributed by atoms with Crippen LogP contribution < -0.4 is 10.6 Å². The maximum absolute atomic E-state index is 11.1. The number of esters is 1. The third-order valence-corrected chi connectivity index (χ3v) is 2.57. The first-order valence-electron chi connectivity index (χ1n) is 5.95. The van der Waals surface area contributed by atoms with Crippen molar-refractivity contribution in [1.29, 1.82) is 0 Å². The Balaban J connectivity index is 2.37. The summed E-state index contributed by atoms with van der Waals surface area (Å²) in [7, 11) is 0. The number of hydrogen-bond acceptors (Lipinski definition) is 3. The number of thiocarbonyl (C=S) groups is 1. The summed E-state index contributed by atoms with van der Waals surface area (Å²) < 4.78 is 4.78. The molecule has 0 amide bonds. The van der Waals surface area contributed by atoms with E-state index in [0.717, 1.165) is 12.1 Å². The molecule has 0 aliphatic rings. The molecular formula is C13H18N2O2S. The zero-order valence-corrected chi connectivity index (χ0v) is 11.5. The first-order valence-corrected chi connectivity index (χ1v) is 6.36. The van der Waals surface area contributed by atoms with Crippen LogP contribution in [0.25, 0.3) is 0 Å². The molecule has 0 aliphatic heterocycles. The number of carbonyl (C=O) groups is 1. The van der Waals surface area contributed by atoms with E-state index in [9.17, 15) is 4.79 Å². The van der Waals surface area contributed by atoms with Crippen LogP contribution >= 0.6 is 12.2 Å². The third-order valence-electron chi connectivity index (χ3n) is 2.32. The lowest BCUT2D eigenvalue weighted by molar-refractivity contribution is -0.141. The van der Waals surface area contributed by atoms with Crippen molar-refractivity contribution in [2.75, 3.05) is 18.5 Å². The van der Waals surface area contributed by atoms with Crippen molar-refractivity contribution >= 4 is 29.0 Å². The number of benzene rings is 1. The van der Waals surface area contributed by atoms with E-state index in [-0.39, 0.29) is 12.5 Å². The van der Waals surface area contributed by atoms with Crippen LogP contribution in [0, 0.1) is 0 Å². The number of carbonyl (C=O) groups excluding carboxylic acids is 1. The fourth-order valence-electron chi connectivity index (χ4n) is 1.36. The highest BCUT2D eigenvalue weighted by molar-refractivity contribution is 7.80. The Morgan fingerprint density at radius 3 is 2.50 bits per heavy atom. The average molecular weight is 266 g/mol. The minimum atomic E-state index is -0.317. The molecule has 1 rings (SSSR count). The van der Waals surface area contributed by atoms with Crippen LogP contribution in [0.1, 0.15) is 19.4 Å². The van der Waals surface area contributed by atoms with Crippen LogP contribution in [0.4, 0.5) is 5.69 Å². The summed E-state index contributed by atoms with van der Waals surface area (Å²) in [6, 6.07) is 7.99. The molecule has 2 N–H and O–H groups in total. The fraction of sp³-hybridized carbons (Fsp3) is 0.385.